The van der Waals surface area contributed by atoms with Crippen LogP contribution in [0.25, 0.3) is 10.4 Å². The van der Waals surface area contributed by atoms with E-state index in [0.29, 0.717) is 28.6 Å². The first-order valence-corrected chi connectivity index (χ1v) is 13.6. The van der Waals surface area contributed by atoms with Crippen molar-refractivity contribution in [3.63, 3.8) is 0 Å². The summed E-state index contributed by atoms with van der Waals surface area (Å²) in [5.41, 5.74) is 1.98. The van der Waals surface area contributed by atoms with Crippen LogP contribution in [0.2, 0.25) is 5.02 Å². The summed E-state index contributed by atoms with van der Waals surface area (Å²) in [7, 11) is 0. The lowest BCUT2D eigenvalue weighted by molar-refractivity contribution is -0.139. The molecule has 4 rings (SSSR count). The first-order valence-electron chi connectivity index (χ1n) is 11.4. The van der Waals surface area contributed by atoms with Crippen LogP contribution >= 0.6 is 34.3 Å². The van der Waals surface area contributed by atoms with Crippen molar-refractivity contribution in [2.75, 3.05) is 23.4 Å². The minimum atomic E-state index is -1.27. The molecule has 0 radical (unpaired) electrons. The van der Waals surface area contributed by atoms with E-state index in [1.165, 1.54) is 17.8 Å². The molecule has 0 bridgehead atoms. The van der Waals surface area contributed by atoms with Gasteiger partial charge in [0.25, 0.3) is 0 Å². The van der Waals surface area contributed by atoms with Crippen molar-refractivity contribution in [2.45, 2.75) is 32.1 Å². The quantitative estimate of drug-likeness (QED) is 0.267. The lowest BCUT2D eigenvalue weighted by Gasteiger charge is -2.30. The van der Waals surface area contributed by atoms with Crippen LogP contribution < -0.4 is 15.0 Å². The lowest BCUT2D eigenvalue weighted by Crippen LogP contribution is -2.39. The van der Waals surface area contributed by atoms with E-state index in [1.54, 1.807) is 23.1 Å². The van der Waals surface area contributed by atoms with Crippen molar-refractivity contribution in [1.29, 1.82) is 0 Å². The average Bonchev–Trinajstić information content (AvgIpc) is 3.49. The monoisotopic (exact) mass is 548 g/mol. The number of anilines is 2. The van der Waals surface area contributed by atoms with Crippen molar-refractivity contribution in [3.8, 4) is 16.2 Å². The summed E-state index contributed by atoms with van der Waals surface area (Å²) in [6.07, 6.45) is 5.62. The predicted molar refractivity (Wildman–Crippen MR) is 142 cm³/mol. The highest BCUT2D eigenvalue weighted by Gasteiger charge is 2.27. The van der Waals surface area contributed by atoms with Crippen molar-refractivity contribution < 1.29 is 29.3 Å². The summed E-state index contributed by atoms with van der Waals surface area (Å²) < 4.78 is 5.19. The molecule has 1 aromatic carbocycles. The first kappa shape index (κ1) is 26.0. The third-order valence-corrected chi connectivity index (χ3v) is 8.31. The van der Waals surface area contributed by atoms with Gasteiger partial charge in [0.2, 0.25) is 0 Å². The maximum atomic E-state index is 13.3. The Hall–Kier alpha value is -3.08. The third-order valence-electron chi connectivity index (χ3n) is 5.95. The number of carboxylic acids is 2. The van der Waals surface area contributed by atoms with Gasteiger partial charge in [-0.05, 0) is 47.9 Å². The number of ether oxygens (including phenoxy) is 1. The van der Waals surface area contributed by atoms with Crippen LogP contribution in [0.4, 0.5) is 16.2 Å². The van der Waals surface area contributed by atoms with Crippen molar-refractivity contribution in [2.24, 2.45) is 5.92 Å². The van der Waals surface area contributed by atoms with Gasteiger partial charge in [-0.15, -0.1) is 11.3 Å². The molecular formula is C25H25ClN2O6S2. The highest BCUT2D eigenvalue weighted by Crippen LogP contribution is 2.46. The zero-order chi connectivity index (χ0) is 25.7. The molecule has 0 aliphatic heterocycles. The van der Waals surface area contributed by atoms with E-state index >= 15 is 0 Å². The van der Waals surface area contributed by atoms with Gasteiger partial charge in [-0.3, -0.25) is 4.90 Å². The van der Waals surface area contributed by atoms with E-state index in [2.05, 4.69) is 5.32 Å². The van der Waals surface area contributed by atoms with E-state index in [9.17, 15) is 19.5 Å². The number of nitrogens with one attached hydrogen (secondary N) is 1. The number of aromatic carboxylic acids is 1. The third kappa shape index (κ3) is 6.18. The number of hydrogen-bond acceptors (Lipinski definition) is 6. The van der Waals surface area contributed by atoms with Crippen LogP contribution in [-0.2, 0) is 4.79 Å². The minimum Gasteiger partial charge on any atom is -0.479 e. The topological polar surface area (TPSA) is 116 Å². The molecule has 1 aliphatic rings. The Bertz CT molecular complexity index is 1240. The minimum absolute atomic E-state index is 0.0253. The fourth-order valence-electron chi connectivity index (χ4n) is 4.26. The second-order valence-corrected chi connectivity index (χ2v) is 10.7. The molecule has 190 valence electrons. The van der Waals surface area contributed by atoms with Gasteiger partial charge in [0.05, 0.1) is 10.6 Å². The number of carbonyl (C=O) groups excluding carboxylic acids is 1. The number of benzene rings is 1. The van der Waals surface area contributed by atoms with Gasteiger partial charge in [-0.2, -0.15) is 11.3 Å². The Morgan fingerprint density at radius 2 is 1.92 bits per heavy atom. The van der Waals surface area contributed by atoms with E-state index in [1.807, 2.05) is 22.9 Å². The summed E-state index contributed by atoms with van der Waals surface area (Å²) in [4.78, 5) is 38.0. The summed E-state index contributed by atoms with van der Waals surface area (Å²) in [6.45, 7) is -0.154. The van der Waals surface area contributed by atoms with E-state index in [0.717, 1.165) is 42.7 Å². The molecule has 1 fully saturated rings. The molecule has 2 heterocycles. The molecule has 1 saturated carbocycles. The van der Waals surface area contributed by atoms with Crippen molar-refractivity contribution in [3.05, 3.63) is 51.0 Å². The summed E-state index contributed by atoms with van der Waals surface area (Å²) in [5.74, 6) is -2.30. The number of amides is 2. The molecule has 2 amide bonds. The van der Waals surface area contributed by atoms with Crippen LogP contribution in [0.3, 0.4) is 0 Å². The van der Waals surface area contributed by atoms with Gasteiger partial charge in [0, 0.05) is 17.6 Å². The van der Waals surface area contributed by atoms with Gasteiger partial charge in [0.15, 0.2) is 17.2 Å². The fourth-order valence-corrected chi connectivity index (χ4v) is 6.25. The van der Waals surface area contributed by atoms with Crippen molar-refractivity contribution in [1.82, 2.24) is 0 Å². The highest BCUT2D eigenvalue weighted by molar-refractivity contribution is 7.18. The molecule has 3 aromatic rings. The summed E-state index contributed by atoms with van der Waals surface area (Å²) in [6, 6.07) is 8.77. The molecule has 3 N–H and O–H groups in total. The maximum Gasteiger partial charge on any atom is 0.349 e. The zero-order valence-corrected chi connectivity index (χ0v) is 21.6. The molecule has 0 atom stereocenters. The molecule has 2 aromatic heterocycles. The van der Waals surface area contributed by atoms with Gasteiger partial charge in [0.1, 0.15) is 5.02 Å². The van der Waals surface area contributed by atoms with Crippen molar-refractivity contribution >= 4 is 63.6 Å². The second kappa shape index (κ2) is 11.8. The summed E-state index contributed by atoms with van der Waals surface area (Å²) >= 11 is 8.87. The number of aliphatic carboxylic acids is 1. The smallest absolute Gasteiger partial charge is 0.349 e. The van der Waals surface area contributed by atoms with Gasteiger partial charge in [-0.1, -0.05) is 43.0 Å². The van der Waals surface area contributed by atoms with Crippen LogP contribution in [0, 0.1) is 5.92 Å². The Balaban J connectivity index is 1.68. The van der Waals surface area contributed by atoms with E-state index in [-0.39, 0.29) is 21.7 Å². The Morgan fingerprint density at radius 3 is 2.58 bits per heavy atom. The molecule has 36 heavy (non-hydrogen) atoms. The predicted octanol–water partition coefficient (Wildman–Crippen LogP) is 6.91. The Morgan fingerprint density at radius 1 is 1.14 bits per heavy atom. The molecule has 11 heteroatoms. The number of halogens is 1. The highest BCUT2D eigenvalue weighted by atomic mass is 35.5. The number of hydrogen-bond donors (Lipinski definition) is 3. The van der Waals surface area contributed by atoms with Crippen LogP contribution in [-0.4, -0.2) is 41.3 Å². The normalized spacial score (nSPS) is 13.8. The van der Waals surface area contributed by atoms with Gasteiger partial charge < -0.3 is 20.3 Å². The molecule has 8 nitrogen and oxygen atoms in total. The maximum absolute atomic E-state index is 13.3. The number of carbonyl (C=O) groups is 3. The fraction of sp³-hybridized carbons (Fsp3) is 0.320. The Labute approximate surface area is 221 Å². The Kier molecular flexibility index (Phi) is 8.50. The summed E-state index contributed by atoms with van der Waals surface area (Å²) in [5, 5.41) is 25.3. The lowest BCUT2D eigenvalue weighted by atomic mass is 9.89. The SMILES string of the molecule is O=C(O)COc1c(C(=O)O)sc(-c2cccc(N(CC3CCCCC3)C(=O)Nc3ccsc3)c2)c1Cl. The second-order valence-electron chi connectivity index (χ2n) is 8.50. The molecular weight excluding hydrogens is 524 g/mol. The number of urea groups is 1. The molecule has 1 aliphatic carbocycles. The number of rotatable bonds is 9. The number of nitrogens with zero attached hydrogens (tertiary/aromatic N) is 1. The van der Waals surface area contributed by atoms with Crippen LogP contribution in [0.5, 0.6) is 5.75 Å². The van der Waals surface area contributed by atoms with Gasteiger partial charge in [-0.25, -0.2) is 14.4 Å². The number of carboxylic acid groups (broad SMARTS) is 2. The largest absolute Gasteiger partial charge is 0.479 e. The first-order chi connectivity index (χ1) is 17.3. The standard InChI is InChI=1S/C25H25ClN2O6S2/c26-20-21(34-13-19(29)30)23(24(31)32)36-22(20)16-7-4-8-18(11-16)28(12-15-5-2-1-3-6-15)25(33)27-17-9-10-35-14-17/h4,7-11,14-15H,1-3,5-6,12-13H2,(H,27,33)(H,29,30)(H,31,32). The van der Waals surface area contributed by atoms with Gasteiger partial charge >= 0.3 is 18.0 Å². The van der Waals surface area contributed by atoms with Crippen LogP contribution in [0.1, 0.15) is 41.8 Å². The molecule has 0 unspecified atom stereocenters. The van der Waals surface area contributed by atoms with Crippen LogP contribution in [0.15, 0.2) is 41.1 Å². The van der Waals surface area contributed by atoms with E-state index < -0.39 is 18.5 Å². The number of thiophene rings is 2. The van der Waals surface area contributed by atoms with E-state index in [4.69, 9.17) is 21.4 Å². The average molecular weight is 549 g/mol. The molecule has 0 spiro atoms. The zero-order valence-electron chi connectivity index (χ0n) is 19.2. The molecule has 0 saturated heterocycles.